The summed E-state index contributed by atoms with van der Waals surface area (Å²) in [5.74, 6) is 0.461. The van der Waals surface area contributed by atoms with Crippen molar-refractivity contribution in [1.29, 1.82) is 0 Å². The molecule has 0 heterocycles. The molecule has 0 aromatic heterocycles. The zero-order valence-electron chi connectivity index (χ0n) is 20.8. The molecular weight excluding hydrogens is 408 g/mol. The molecule has 0 radical (unpaired) electrons. The van der Waals surface area contributed by atoms with Crippen molar-refractivity contribution in [3.63, 3.8) is 0 Å². The van der Waals surface area contributed by atoms with E-state index in [2.05, 4.69) is 26.8 Å². The van der Waals surface area contributed by atoms with E-state index in [0.717, 1.165) is 38.5 Å². The molecule has 0 bridgehead atoms. The molecule has 6 heteroatoms. The summed E-state index contributed by atoms with van der Waals surface area (Å²) in [5, 5.41) is 0. The number of hydrogen-bond donors (Lipinski definition) is 0. The van der Waals surface area contributed by atoms with Gasteiger partial charge >= 0.3 is 17.9 Å². The normalized spacial score (nSPS) is 30.5. The second-order valence-corrected chi connectivity index (χ2v) is 10.3. The molecule has 1 fully saturated rings. The van der Waals surface area contributed by atoms with E-state index in [-0.39, 0.29) is 34.7 Å². The summed E-state index contributed by atoms with van der Waals surface area (Å²) < 4.78 is 15.9. The van der Waals surface area contributed by atoms with Crippen LogP contribution in [0.2, 0.25) is 0 Å². The van der Waals surface area contributed by atoms with Gasteiger partial charge < -0.3 is 14.2 Å². The van der Waals surface area contributed by atoms with Gasteiger partial charge in [0.2, 0.25) is 0 Å². The molecule has 5 unspecified atom stereocenters. The Hall–Kier alpha value is -1.85. The molecule has 5 atom stereocenters. The third-order valence-electron chi connectivity index (χ3n) is 8.24. The third kappa shape index (κ3) is 6.58. The van der Waals surface area contributed by atoms with Crippen molar-refractivity contribution in [3.8, 4) is 0 Å². The number of carbonyl (C=O) groups excluding carboxylic acids is 3. The molecule has 0 aromatic rings. The van der Waals surface area contributed by atoms with Gasteiger partial charge in [-0.3, -0.25) is 14.4 Å². The first-order valence-corrected chi connectivity index (χ1v) is 12.1. The van der Waals surface area contributed by atoms with Crippen LogP contribution in [-0.2, 0) is 28.6 Å². The summed E-state index contributed by atoms with van der Waals surface area (Å²) in [6, 6.07) is 0. The largest absolute Gasteiger partial charge is 0.466 e. The van der Waals surface area contributed by atoms with Gasteiger partial charge in [-0.05, 0) is 79.1 Å². The Morgan fingerprint density at radius 3 is 2.28 bits per heavy atom. The van der Waals surface area contributed by atoms with Crippen LogP contribution in [0.3, 0.4) is 0 Å². The van der Waals surface area contributed by atoms with Crippen molar-refractivity contribution in [2.45, 2.75) is 86.5 Å². The highest BCUT2D eigenvalue weighted by atomic mass is 16.5. The number of hydrogen-bond acceptors (Lipinski definition) is 6. The van der Waals surface area contributed by atoms with Gasteiger partial charge in [-0.15, -0.1) is 0 Å². The highest BCUT2D eigenvalue weighted by Gasteiger charge is 2.53. The Labute approximate surface area is 193 Å². The molecule has 6 nitrogen and oxygen atoms in total. The predicted octanol–water partition coefficient (Wildman–Crippen LogP) is 5.24. The average molecular weight is 451 g/mol. The van der Waals surface area contributed by atoms with Crippen LogP contribution in [0.15, 0.2) is 11.6 Å². The van der Waals surface area contributed by atoms with E-state index < -0.39 is 0 Å². The minimum absolute atomic E-state index is 0.0398. The van der Waals surface area contributed by atoms with E-state index in [1.54, 1.807) is 0 Å². The molecule has 0 amide bonds. The highest BCUT2D eigenvalue weighted by molar-refractivity contribution is 5.66. The van der Waals surface area contributed by atoms with Crippen LogP contribution in [0, 0.1) is 28.6 Å². The quantitative estimate of drug-likeness (QED) is 0.257. The van der Waals surface area contributed by atoms with E-state index in [9.17, 15) is 14.4 Å². The van der Waals surface area contributed by atoms with Crippen LogP contribution in [0.25, 0.3) is 0 Å². The fraction of sp³-hybridized carbons (Fsp3) is 0.808. The molecule has 0 aliphatic heterocycles. The van der Waals surface area contributed by atoms with Gasteiger partial charge in [0.15, 0.2) is 0 Å². The van der Waals surface area contributed by atoms with Crippen LogP contribution >= 0.6 is 0 Å². The van der Waals surface area contributed by atoms with Crippen molar-refractivity contribution < 1.29 is 28.6 Å². The fourth-order valence-corrected chi connectivity index (χ4v) is 6.04. The summed E-state index contributed by atoms with van der Waals surface area (Å²) >= 11 is 0. The molecule has 0 aromatic carbocycles. The van der Waals surface area contributed by atoms with Crippen molar-refractivity contribution >= 4 is 17.9 Å². The first-order chi connectivity index (χ1) is 15.0. The van der Waals surface area contributed by atoms with Gasteiger partial charge in [-0.2, -0.15) is 0 Å². The standard InChI is InChI=1S/C26H42O6/c1-18-10-13-26(6)23(17-32-21(4)29)8-7-9-24(26)25(18,5)14-11-22(16-31-20(3)28)12-15-30-19(2)27/h8,18,22,24H,7,9-17H2,1-6H3. The van der Waals surface area contributed by atoms with Crippen molar-refractivity contribution in [2.75, 3.05) is 19.8 Å². The molecule has 0 saturated heterocycles. The minimum atomic E-state index is -0.283. The number of ether oxygens (including phenoxy) is 3. The molecule has 2 aliphatic carbocycles. The molecule has 2 aliphatic rings. The second-order valence-electron chi connectivity index (χ2n) is 10.3. The van der Waals surface area contributed by atoms with Crippen molar-refractivity contribution in [1.82, 2.24) is 0 Å². The lowest BCUT2D eigenvalue weighted by Crippen LogP contribution is -2.50. The van der Waals surface area contributed by atoms with E-state index in [1.807, 2.05) is 0 Å². The molecule has 182 valence electrons. The minimum Gasteiger partial charge on any atom is -0.466 e. The van der Waals surface area contributed by atoms with Gasteiger partial charge in [-0.25, -0.2) is 0 Å². The first-order valence-electron chi connectivity index (χ1n) is 12.1. The zero-order valence-corrected chi connectivity index (χ0v) is 20.8. The first kappa shape index (κ1) is 26.4. The summed E-state index contributed by atoms with van der Waals surface area (Å²) in [7, 11) is 0. The molecule has 32 heavy (non-hydrogen) atoms. The highest BCUT2D eigenvalue weighted by Crippen LogP contribution is 2.62. The SMILES string of the molecule is CC(=O)OCCC(CCC1(C)C(C)CCC2(C)C(COC(C)=O)=CCCC21)COC(C)=O. The Balaban J connectivity index is 2.14. The number of rotatable bonds is 10. The fourth-order valence-electron chi connectivity index (χ4n) is 6.04. The molecule has 0 N–H and O–H groups in total. The Bertz CT molecular complexity index is 713. The van der Waals surface area contributed by atoms with E-state index >= 15 is 0 Å². The van der Waals surface area contributed by atoms with E-state index in [1.165, 1.54) is 26.3 Å². The summed E-state index contributed by atoms with van der Waals surface area (Å²) in [5.41, 5.74) is 1.45. The van der Waals surface area contributed by atoms with E-state index in [0.29, 0.717) is 38.1 Å². The van der Waals surface area contributed by atoms with Gasteiger partial charge in [0, 0.05) is 20.8 Å². The number of fused-ring (bicyclic) bond motifs is 1. The lowest BCUT2D eigenvalue weighted by molar-refractivity contribution is -0.145. The number of allylic oxidation sites excluding steroid dienone is 1. The van der Waals surface area contributed by atoms with Crippen LogP contribution in [-0.4, -0.2) is 37.7 Å². The summed E-state index contributed by atoms with van der Waals surface area (Å²) in [4.78, 5) is 34.0. The maximum atomic E-state index is 11.4. The molecule has 0 spiro atoms. The lowest BCUT2D eigenvalue weighted by Gasteiger charge is -2.58. The molecular formula is C26H42O6. The Kier molecular flexibility index (Phi) is 9.35. The molecule has 1 saturated carbocycles. The average Bonchev–Trinajstić information content (AvgIpc) is 2.71. The second kappa shape index (κ2) is 11.3. The maximum absolute atomic E-state index is 11.4. The van der Waals surface area contributed by atoms with Gasteiger partial charge in [0.05, 0.1) is 13.2 Å². The smallest absolute Gasteiger partial charge is 0.302 e. The Morgan fingerprint density at radius 1 is 1.00 bits per heavy atom. The van der Waals surface area contributed by atoms with Gasteiger partial charge in [0.1, 0.15) is 6.61 Å². The predicted molar refractivity (Wildman–Crippen MR) is 123 cm³/mol. The van der Waals surface area contributed by atoms with Crippen LogP contribution < -0.4 is 0 Å². The monoisotopic (exact) mass is 450 g/mol. The lowest BCUT2D eigenvalue weighted by atomic mass is 9.46. The van der Waals surface area contributed by atoms with Gasteiger partial charge in [0.25, 0.3) is 0 Å². The topological polar surface area (TPSA) is 78.9 Å². The number of carbonyl (C=O) groups is 3. The maximum Gasteiger partial charge on any atom is 0.302 e. The van der Waals surface area contributed by atoms with E-state index in [4.69, 9.17) is 14.2 Å². The third-order valence-corrected chi connectivity index (χ3v) is 8.24. The number of esters is 3. The van der Waals surface area contributed by atoms with Crippen molar-refractivity contribution in [2.24, 2.45) is 28.6 Å². The van der Waals surface area contributed by atoms with Crippen LogP contribution in [0.1, 0.15) is 86.5 Å². The zero-order chi connectivity index (χ0) is 23.9. The van der Waals surface area contributed by atoms with Gasteiger partial charge in [-0.1, -0.05) is 26.8 Å². The van der Waals surface area contributed by atoms with Crippen LogP contribution in [0.4, 0.5) is 0 Å². The summed E-state index contributed by atoms with van der Waals surface area (Å²) in [6.07, 6.45) is 9.35. The Morgan fingerprint density at radius 2 is 1.66 bits per heavy atom. The van der Waals surface area contributed by atoms with Crippen LogP contribution in [0.5, 0.6) is 0 Å². The summed E-state index contributed by atoms with van der Waals surface area (Å²) in [6.45, 7) is 12.6. The van der Waals surface area contributed by atoms with Crippen molar-refractivity contribution in [3.05, 3.63) is 11.6 Å². The molecule has 2 rings (SSSR count).